The highest BCUT2D eigenvalue weighted by Gasteiger charge is 2.09. The van der Waals surface area contributed by atoms with Crippen molar-refractivity contribution in [1.82, 2.24) is 4.90 Å². The summed E-state index contributed by atoms with van der Waals surface area (Å²) in [4.78, 5) is 2.43. The lowest BCUT2D eigenvalue weighted by atomic mass is 10.1. The Morgan fingerprint density at radius 2 is 2.15 bits per heavy atom. The molecular formula is C15H22N4O. The number of hydrogen-bond acceptors (Lipinski definition) is 5. The molecule has 1 aromatic rings. The van der Waals surface area contributed by atoms with E-state index in [4.69, 9.17) is 15.7 Å². The molecule has 1 aliphatic heterocycles. The third kappa shape index (κ3) is 4.41. The van der Waals surface area contributed by atoms with Crippen molar-refractivity contribution in [3.8, 4) is 6.07 Å². The molecule has 1 aliphatic rings. The molecule has 0 spiro atoms. The molecule has 1 aromatic carbocycles. The summed E-state index contributed by atoms with van der Waals surface area (Å²) in [7, 11) is 0. The number of morpholine rings is 1. The summed E-state index contributed by atoms with van der Waals surface area (Å²) >= 11 is 0. The van der Waals surface area contributed by atoms with Gasteiger partial charge in [-0.3, -0.25) is 4.90 Å². The van der Waals surface area contributed by atoms with Crippen molar-refractivity contribution in [3.63, 3.8) is 0 Å². The molecule has 2 rings (SSSR count). The third-order valence-corrected chi connectivity index (χ3v) is 3.50. The van der Waals surface area contributed by atoms with Gasteiger partial charge >= 0.3 is 0 Å². The highest BCUT2D eigenvalue weighted by molar-refractivity contribution is 5.57. The summed E-state index contributed by atoms with van der Waals surface area (Å²) in [5.74, 6) is 0. The van der Waals surface area contributed by atoms with Gasteiger partial charge in [0.1, 0.15) is 0 Å². The van der Waals surface area contributed by atoms with Crippen molar-refractivity contribution in [2.45, 2.75) is 12.8 Å². The molecule has 0 radical (unpaired) electrons. The molecule has 0 unspecified atom stereocenters. The second-order valence-electron chi connectivity index (χ2n) is 4.98. The second kappa shape index (κ2) is 7.73. The van der Waals surface area contributed by atoms with E-state index >= 15 is 0 Å². The monoisotopic (exact) mass is 274 g/mol. The van der Waals surface area contributed by atoms with E-state index in [-0.39, 0.29) is 0 Å². The van der Waals surface area contributed by atoms with E-state index in [1.54, 1.807) is 0 Å². The van der Waals surface area contributed by atoms with E-state index in [2.05, 4.69) is 16.3 Å². The average molecular weight is 274 g/mol. The van der Waals surface area contributed by atoms with Gasteiger partial charge in [-0.05, 0) is 36.7 Å². The van der Waals surface area contributed by atoms with Crippen LogP contribution in [0.4, 0.5) is 11.4 Å². The predicted molar refractivity (Wildman–Crippen MR) is 80.5 cm³/mol. The molecular weight excluding hydrogens is 252 g/mol. The number of nitrogen functional groups attached to an aromatic ring is 1. The van der Waals surface area contributed by atoms with Crippen LogP contribution in [0, 0.1) is 11.3 Å². The number of nitrogens with two attached hydrogens (primary N) is 1. The van der Waals surface area contributed by atoms with Gasteiger partial charge < -0.3 is 15.8 Å². The van der Waals surface area contributed by atoms with Crippen molar-refractivity contribution in [3.05, 3.63) is 23.8 Å². The molecule has 5 heteroatoms. The lowest BCUT2D eigenvalue weighted by Gasteiger charge is -2.26. The Balaban J connectivity index is 1.73. The first-order chi connectivity index (χ1) is 9.79. The minimum atomic E-state index is 0.356. The van der Waals surface area contributed by atoms with E-state index in [9.17, 15) is 0 Å². The Kier molecular flexibility index (Phi) is 5.66. The molecule has 108 valence electrons. The average Bonchev–Trinajstić information content (AvgIpc) is 2.48. The molecule has 1 saturated heterocycles. The van der Waals surface area contributed by atoms with Gasteiger partial charge in [-0.2, -0.15) is 5.26 Å². The van der Waals surface area contributed by atoms with Crippen LogP contribution in [0.3, 0.4) is 0 Å². The van der Waals surface area contributed by atoms with Gasteiger partial charge in [0.25, 0.3) is 0 Å². The fraction of sp³-hybridized carbons (Fsp3) is 0.533. The van der Waals surface area contributed by atoms with Crippen LogP contribution in [-0.4, -0.2) is 44.3 Å². The first kappa shape index (κ1) is 14.6. The number of nitrogens with one attached hydrogen (secondary N) is 1. The van der Waals surface area contributed by atoms with Crippen molar-refractivity contribution in [1.29, 1.82) is 5.26 Å². The maximum absolute atomic E-state index is 8.75. The van der Waals surface area contributed by atoms with Crippen molar-refractivity contribution in [2.24, 2.45) is 0 Å². The molecule has 0 atom stereocenters. The largest absolute Gasteiger partial charge is 0.398 e. The minimum Gasteiger partial charge on any atom is -0.398 e. The SMILES string of the molecule is N#CCc1cc(NCCCN2CCOCC2)ccc1N. The molecule has 0 amide bonds. The number of ether oxygens (including phenoxy) is 1. The van der Waals surface area contributed by atoms with Gasteiger partial charge in [0, 0.05) is 31.0 Å². The number of anilines is 2. The van der Waals surface area contributed by atoms with E-state index < -0.39 is 0 Å². The maximum atomic E-state index is 8.75. The van der Waals surface area contributed by atoms with E-state index in [1.165, 1.54) is 0 Å². The lowest BCUT2D eigenvalue weighted by Crippen LogP contribution is -2.37. The Hall–Kier alpha value is -1.77. The highest BCUT2D eigenvalue weighted by atomic mass is 16.5. The first-order valence-electron chi connectivity index (χ1n) is 7.09. The van der Waals surface area contributed by atoms with Crippen LogP contribution in [0.2, 0.25) is 0 Å². The van der Waals surface area contributed by atoms with Crippen LogP contribution in [0.25, 0.3) is 0 Å². The number of nitrogens with zero attached hydrogens (tertiary/aromatic N) is 2. The van der Waals surface area contributed by atoms with Gasteiger partial charge in [0.2, 0.25) is 0 Å². The fourth-order valence-electron chi connectivity index (χ4n) is 2.31. The Morgan fingerprint density at radius 1 is 1.35 bits per heavy atom. The molecule has 0 aliphatic carbocycles. The van der Waals surface area contributed by atoms with Gasteiger partial charge in [-0.15, -0.1) is 0 Å². The van der Waals surface area contributed by atoms with Crippen LogP contribution >= 0.6 is 0 Å². The summed E-state index contributed by atoms with van der Waals surface area (Å²) in [6.07, 6.45) is 1.45. The third-order valence-electron chi connectivity index (χ3n) is 3.50. The van der Waals surface area contributed by atoms with Crippen LogP contribution in [0.5, 0.6) is 0 Å². The number of nitriles is 1. The van der Waals surface area contributed by atoms with Crippen LogP contribution < -0.4 is 11.1 Å². The van der Waals surface area contributed by atoms with Crippen molar-refractivity contribution < 1.29 is 4.74 Å². The maximum Gasteiger partial charge on any atom is 0.0670 e. The summed E-state index contributed by atoms with van der Waals surface area (Å²) in [5.41, 5.74) is 8.44. The minimum absolute atomic E-state index is 0.356. The smallest absolute Gasteiger partial charge is 0.0670 e. The zero-order chi connectivity index (χ0) is 14.2. The number of benzene rings is 1. The quantitative estimate of drug-likeness (QED) is 0.607. The molecule has 1 fully saturated rings. The molecule has 20 heavy (non-hydrogen) atoms. The standard InChI is InChI=1S/C15H22N4O/c16-5-4-13-12-14(2-3-15(13)17)18-6-1-7-19-8-10-20-11-9-19/h2-3,12,18H,1,4,6-11,17H2. The summed E-state index contributed by atoms with van der Waals surface area (Å²) in [6, 6.07) is 7.92. The number of rotatable bonds is 6. The predicted octanol–water partition coefficient (Wildman–Crippen LogP) is 1.47. The van der Waals surface area contributed by atoms with Crippen LogP contribution in [0.15, 0.2) is 18.2 Å². The molecule has 3 N–H and O–H groups in total. The summed E-state index contributed by atoms with van der Waals surface area (Å²) in [5, 5.41) is 12.1. The lowest BCUT2D eigenvalue weighted by molar-refractivity contribution is 0.0378. The van der Waals surface area contributed by atoms with Gasteiger partial charge in [0.05, 0.1) is 25.7 Å². The molecule has 1 heterocycles. The van der Waals surface area contributed by atoms with Gasteiger partial charge in [-0.25, -0.2) is 0 Å². The number of hydrogen-bond donors (Lipinski definition) is 2. The summed E-state index contributed by atoms with van der Waals surface area (Å²) < 4.78 is 5.33. The van der Waals surface area contributed by atoms with Gasteiger partial charge in [0.15, 0.2) is 0 Å². The van der Waals surface area contributed by atoms with Crippen molar-refractivity contribution >= 4 is 11.4 Å². The Morgan fingerprint density at radius 3 is 2.90 bits per heavy atom. The van der Waals surface area contributed by atoms with E-state index in [1.807, 2.05) is 18.2 Å². The molecule has 0 bridgehead atoms. The molecule has 0 saturated carbocycles. The zero-order valence-electron chi connectivity index (χ0n) is 11.8. The van der Waals surface area contributed by atoms with Crippen molar-refractivity contribution in [2.75, 3.05) is 50.4 Å². The normalized spacial score (nSPS) is 15.8. The van der Waals surface area contributed by atoms with Crippen LogP contribution in [-0.2, 0) is 11.2 Å². The van der Waals surface area contributed by atoms with E-state index in [0.29, 0.717) is 12.1 Å². The molecule has 0 aromatic heterocycles. The van der Waals surface area contributed by atoms with E-state index in [0.717, 1.165) is 57.1 Å². The van der Waals surface area contributed by atoms with Gasteiger partial charge in [-0.1, -0.05) is 0 Å². The summed E-state index contributed by atoms with van der Waals surface area (Å²) in [6.45, 7) is 5.79. The van der Waals surface area contributed by atoms with Crippen LogP contribution in [0.1, 0.15) is 12.0 Å². The second-order valence-corrected chi connectivity index (χ2v) is 4.98. The molecule has 5 nitrogen and oxygen atoms in total. The zero-order valence-corrected chi connectivity index (χ0v) is 11.8. The first-order valence-corrected chi connectivity index (χ1v) is 7.09. The fourth-order valence-corrected chi connectivity index (χ4v) is 2.31. The Bertz CT molecular complexity index is 463. The topological polar surface area (TPSA) is 74.3 Å². The Labute approximate surface area is 120 Å². The highest BCUT2D eigenvalue weighted by Crippen LogP contribution is 2.18.